The normalized spacial score (nSPS) is 25.9. The molecule has 2 aromatic rings. The van der Waals surface area contributed by atoms with Crippen LogP contribution >= 0.6 is 0 Å². The molecule has 5 rings (SSSR count). The van der Waals surface area contributed by atoms with Gasteiger partial charge in [0.15, 0.2) is 5.78 Å². The van der Waals surface area contributed by atoms with Gasteiger partial charge in [0, 0.05) is 49.7 Å². The molecule has 2 fully saturated rings. The SMILES string of the molecule is CN=C1C(=C2Cc3ccccc3N2)C(=O)[C@]2(CCCOC2)N1c1cc(OC)cc(OC)c1. The van der Waals surface area contributed by atoms with Gasteiger partial charge in [0.05, 0.1) is 32.1 Å². The molecule has 0 unspecified atom stereocenters. The monoisotopic (exact) mass is 433 g/mol. The number of allylic oxidation sites excluding steroid dienone is 1. The molecule has 3 heterocycles. The molecule has 3 aliphatic heterocycles. The van der Waals surface area contributed by atoms with E-state index >= 15 is 0 Å². The van der Waals surface area contributed by atoms with Crippen molar-refractivity contribution >= 4 is 23.0 Å². The first-order valence-corrected chi connectivity index (χ1v) is 10.8. The summed E-state index contributed by atoms with van der Waals surface area (Å²) < 4.78 is 16.9. The molecule has 3 aliphatic rings. The molecule has 0 saturated carbocycles. The number of fused-ring (bicyclic) bond motifs is 1. The van der Waals surface area contributed by atoms with Crippen molar-refractivity contribution in [3.63, 3.8) is 0 Å². The zero-order valence-electron chi connectivity index (χ0n) is 18.6. The highest BCUT2D eigenvalue weighted by Gasteiger charge is 2.57. The number of ketones is 1. The lowest BCUT2D eigenvalue weighted by molar-refractivity contribution is -0.123. The lowest BCUT2D eigenvalue weighted by Crippen LogP contribution is -2.55. The molecule has 1 atom stereocenters. The molecule has 0 radical (unpaired) electrons. The Morgan fingerprint density at radius 2 is 1.88 bits per heavy atom. The maximum Gasteiger partial charge on any atom is 0.196 e. The highest BCUT2D eigenvalue weighted by molar-refractivity contribution is 6.38. The van der Waals surface area contributed by atoms with Crippen molar-refractivity contribution < 1.29 is 19.0 Å². The molecule has 1 N–H and O–H groups in total. The summed E-state index contributed by atoms with van der Waals surface area (Å²) in [4.78, 5) is 20.8. The van der Waals surface area contributed by atoms with E-state index in [1.165, 1.54) is 5.56 Å². The van der Waals surface area contributed by atoms with Crippen LogP contribution in [-0.4, -0.2) is 51.6 Å². The van der Waals surface area contributed by atoms with Gasteiger partial charge in [-0.3, -0.25) is 9.79 Å². The van der Waals surface area contributed by atoms with Crippen LogP contribution in [0.4, 0.5) is 11.4 Å². The zero-order chi connectivity index (χ0) is 22.3. The minimum Gasteiger partial charge on any atom is -0.497 e. The van der Waals surface area contributed by atoms with Gasteiger partial charge in [-0.05, 0) is 24.5 Å². The quantitative estimate of drug-likeness (QED) is 0.746. The summed E-state index contributed by atoms with van der Waals surface area (Å²) in [5.41, 5.74) is 3.69. The second-order valence-electron chi connectivity index (χ2n) is 8.28. The third-order valence-electron chi connectivity index (χ3n) is 6.51. The Kier molecular flexibility index (Phi) is 5.13. The summed E-state index contributed by atoms with van der Waals surface area (Å²) in [5.74, 6) is 2.00. The number of amidine groups is 1. The molecule has 7 nitrogen and oxygen atoms in total. The number of para-hydroxylation sites is 1. The number of Topliss-reactive ketones (excluding diaryl/α,β-unsaturated/α-hetero) is 1. The maximum atomic E-state index is 14.1. The van der Waals surface area contributed by atoms with Crippen LogP contribution in [0.3, 0.4) is 0 Å². The second kappa shape index (κ2) is 7.98. The number of benzene rings is 2. The van der Waals surface area contributed by atoms with Crippen molar-refractivity contribution in [2.45, 2.75) is 24.8 Å². The molecule has 166 valence electrons. The Balaban J connectivity index is 1.69. The lowest BCUT2D eigenvalue weighted by atomic mass is 9.86. The van der Waals surface area contributed by atoms with Gasteiger partial charge < -0.3 is 24.4 Å². The number of methoxy groups -OCH3 is 2. The molecule has 32 heavy (non-hydrogen) atoms. The fraction of sp³-hybridized carbons (Fsp3) is 0.360. The third-order valence-corrected chi connectivity index (χ3v) is 6.51. The van der Waals surface area contributed by atoms with Crippen LogP contribution in [0.25, 0.3) is 0 Å². The predicted molar refractivity (Wildman–Crippen MR) is 124 cm³/mol. The van der Waals surface area contributed by atoms with Crippen molar-refractivity contribution in [3.05, 3.63) is 59.3 Å². The Morgan fingerprint density at radius 1 is 1.12 bits per heavy atom. The number of nitrogens with one attached hydrogen (secondary N) is 1. The molecule has 0 bridgehead atoms. The van der Waals surface area contributed by atoms with E-state index in [9.17, 15) is 4.79 Å². The van der Waals surface area contributed by atoms with Gasteiger partial charge in [0.2, 0.25) is 0 Å². The first-order chi connectivity index (χ1) is 15.6. The van der Waals surface area contributed by atoms with Crippen LogP contribution in [0.2, 0.25) is 0 Å². The molecule has 0 amide bonds. The second-order valence-corrected chi connectivity index (χ2v) is 8.28. The van der Waals surface area contributed by atoms with Crippen molar-refractivity contribution in [2.24, 2.45) is 4.99 Å². The van der Waals surface area contributed by atoms with Crippen molar-refractivity contribution in [1.29, 1.82) is 0 Å². The molecule has 0 aliphatic carbocycles. The van der Waals surface area contributed by atoms with Crippen LogP contribution < -0.4 is 19.7 Å². The number of rotatable bonds is 3. The summed E-state index contributed by atoms with van der Waals surface area (Å²) in [5, 5.41) is 3.47. The Labute approximate surface area is 187 Å². The maximum absolute atomic E-state index is 14.1. The Morgan fingerprint density at radius 3 is 2.50 bits per heavy atom. The Bertz CT molecular complexity index is 1080. The fourth-order valence-electron chi connectivity index (χ4n) is 5.00. The minimum atomic E-state index is -0.844. The van der Waals surface area contributed by atoms with Crippen molar-refractivity contribution in [2.75, 3.05) is 44.7 Å². The van der Waals surface area contributed by atoms with E-state index in [1.54, 1.807) is 21.3 Å². The highest BCUT2D eigenvalue weighted by atomic mass is 16.5. The first-order valence-electron chi connectivity index (χ1n) is 10.8. The van der Waals surface area contributed by atoms with E-state index in [-0.39, 0.29) is 5.78 Å². The first kappa shape index (κ1) is 20.6. The number of aliphatic imine (C=N–C) groups is 1. The van der Waals surface area contributed by atoms with Gasteiger partial charge in [-0.2, -0.15) is 0 Å². The predicted octanol–water partition coefficient (Wildman–Crippen LogP) is 3.59. The van der Waals surface area contributed by atoms with Gasteiger partial charge in [-0.1, -0.05) is 18.2 Å². The molecule has 0 aromatic heterocycles. The van der Waals surface area contributed by atoms with Crippen molar-refractivity contribution in [3.8, 4) is 11.5 Å². The van der Waals surface area contributed by atoms with Crippen LogP contribution in [-0.2, 0) is 16.0 Å². The minimum absolute atomic E-state index is 0.0508. The summed E-state index contributed by atoms with van der Waals surface area (Å²) in [6, 6.07) is 13.8. The van der Waals surface area contributed by atoms with Crippen LogP contribution in [0.15, 0.2) is 58.7 Å². The summed E-state index contributed by atoms with van der Waals surface area (Å²) >= 11 is 0. The van der Waals surface area contributed by atoms with E-state index in [0.717, 1.165) is 23.5 Å². The topological polar surface area (TPSA) is 72.4 Å². The Hall–Kier alpha value is -3.32. The largest absolute Gasteiger partial charge is 0.497 e. The number of carbonyl (C=O) groups is 1. The third kappa shape index (κ3) is 3.07. The molecule has 2 saturated heterocycles. The van der Waals surface area contributed by atoms with Crippen LogP contribution in [0.5, 0.6) is 11.5 Å². The smallest absolute Gasteiger partial charge is 0.196 e. The van der Waals surface area contributed by atoms with Crippen molar-refractivity contribution in [1.82, 2.24) is 0 Å². The average Bonchev–Trinajstić information content (AvgIpc) is 3.36. The van der Waals surface area contributed by atoms with Gasteiger partial charge in [0.25, 0.3) is 0 Å². The van der Waals surface area contributed by atoms with E-state index in [0.29, 0.717) is 49.0 Å². The van der Waals surface area contributed by atoms with Crippen LogP contribution in [0, 0.1) is 0 Å². The summed E-state index contributed by atoms with van der Waals surface area (Å²) in [6.07, 6.45) is 2.16. The van der Waals surface area contributed by atoms with Crippen LogP contribution in [0.1, 0.15) is 18.4 Å². The molecule has 7 heteroatoms. The molecule has 2 aromatic carbocycles. The lowest BCUT2D eigenvalue weighted by Gasteiger charge is -2.40. The van der Waals surface area contributed by atoms with E-state index in [2.05, 4.69) is 16.4 Å². The number of nitrogens with zero attached hydrogens (tertiary/aromatic N) is 2. The molecular weight excluding hydrogens is 406 g/mol. The standard InChI is InChI=1S/C25H27N3O4/c1-26-24-22(21-11-16-7-4-5-8-20(16)27-21)23(29)25(9-6-10-32-15-25)28(24)17-12-18(30-2)14-19(13-17)31-3/h4-5,7-8,12-14,27H,6,9-11,15H2,1-3H3/t25-/m1/s1. The van der Waals surface area contributed by atoms with E-state index in [4.69, 9.17) is 14.2 Å². The van der Waals surface area contributed by atoms with Gasteiger partial charge in [-0.25, -0.2) is 0 Å². The number of hydrogen-bond donors (Lipinski definition) is 1. The zero-order valence-corrected chi connectivity index (χ0v) is 18.6. The van der Waals surface area contributed by atoms with Gasteiger partial charge in [0.1, 0.15) is 22.9 Å². The molecular formula is C25H27N3O4. The molecule has 1 spiro atoms. The average molecular weight is 434 g/mol. The summed E-state index contributed by atoms with van der Waals surface area (Å²) in [6.45, 7) is 0.965. The number of carbonyl (C=O) groups excluding carboxylic acids is 1. The summed E-state index contributed by atoms with van der Waals surface area (Å²) in [7, 11) is 4.97. The number of ether oxygens (including phenoxy) is 3. The highest BCUT2D eigenvalue weighted by Crippen LogP contribution is 2.45. The number of hydrogen-bond acceptors (Lipinski definition) is 6. The van der Waals surface area contributed by atoms with E-state index in [1.807, 2.05) is 41.3 Å². The fourth-order valence-corrected chi connectivity index (χ4v) is 5.00. The van der Waals surface area contributed by atoms with Gasteiger partial charge in [-0.15, -0.1) is 0 Å². The van der Waals surface area contributed by atoms with E-state index < -0.39 is 5.54 Å². The van der Waals surface area contributed by atoms with Gasteiger partial charge >= 0.3 is 0 Å². The number of anilines is 2.